The topological polar surface area (TPSA) is 66.7 Å². The van der Waals surface area contributed by atoms with Crippen LogP contribution in [0.5, 0.6) is 0 Å². The van der Waals surface area contributed by atoms with Crippen molar-refractivity contribution < 1.29 is 4.42 Å². The molecule has 2 heterocycles. The Morgan fingerprint density at radius 1 is 1.44 bits per heavy atom. The summed E-state index contributed by atoms with van der Waals surface area (Å²) in [7, 11) is 0. The number of aromatic amines is 1. The highest BCUT2D eigenvalue weighted by molar-refractivity contribution is 5.08. The Morgan fingerprint density at radius 2 is 2.25 bits per heavy atom. The van der Waals surface area contributed by atoms with Gasteiger partial charge in [0.25, 0.3) is 0 Å². The molecule has 1 unspecified atom stereocenters. The zero-order chi connectivity index (χ0) is 11.5. The first-order valence-electron chi connectivity index (χ1n) is 5.31. The van der Waals surface area contributed by atoms with Crippen LogP contribution >= 0.6 is 0 Å². The van der Waals surface area contributed by atoms with Crippen molar-refractivity contribution >= 4 is 0 Å². The van der Waals surface area contributed by atoms with Gasteiger partial charge >= 0.3 is 0 Å². The Balaban J connectivity index is 1.93. The van der Waals surface area contributed by atoms with Gasteiger partial charge in [0, 0.05) is 12.2 Å². The van der Waals surface area contributed by atoms with Crippen molar-refractivity contribution in [3.63, 3.8) is 0 Å². The second kappa shape index (κ2) is 4.49. The van der Waals surface area contributed by atoms with E-state index in [1.807, 2.05) is 20.8 Å². The monoisotopic (exact) mass is 220 g/mol. The molecule has 5 heteroatoms. The molecule has 0 radical (unpaired) electrons. The fourth-order valence-electron chi connectivity index (χ4n) is 1.47. The first-order chi connectivity index (χ1) is 7.66. The summed E-state index contributed by atoms with van der Waals surface area (Å²) in [6.45, 7) is 6.62. The second-order valence-electron chi connectivity index (χ2n) is 3.89. The van der Waals surface area contributed by atoms with Crippen LogP contribution < -0.4 is 5.32 Å². The number of rotatable bonds is 4. The van der Waals surface area contributed by atoms with Crippen LogP contribution in [0.2, 0.25) is 0 Å². The fraction of sp³-hybridized carbons (Fsp3) is 0.455. The highest BCUT2D eigenvalue weighted by atomic mass is 16.4. The van der Waals surface area contributed by atoms with E-state index in [0.29, 0.717) is 12.4 Å². The molecule has 0 fully saturated rings. The average molecular weight is 220 g/mol. The van der Waals surface area contributed by atoms with E-state index in [9.17, 15) is 0 Å². The quantitative estimate of drug-likeness (QED) is 0.825. The lowest BCUT2D eigenvalue weighted by Crippen LogP contribution is -2.19. The van der Waals surface area contributed by atoms with Gasteiger partial charge in [-0.15, -0.1) is 0 Å². The van der Waals surface area contributed by atoms with E-state index in [-0.39, 0.29) is 6.04 Å². The summed E-state index contributed by atoms with van der Waals surface area (Å²) in [5.74, 6) is 1.55. The Morgan fingerprint density at radius 3 is 2.81 bits per heavy atom. The molecule has 0 bridgehead atoms. The Labute approximate surface area is 94.3 Å². The molecule has 2 aromatic rings. The third-order valence-electron chi connectivity index (χ3n) is 2.52. The minimum absolute atomic E-state index is 0.0878. The van der Waals surface area contributed by atoms with E-state index in [2.05, 4.69) is 20.3 Å². The van der Waals surface area contributed by atoms with Crippen LogP contribution in [-0.2, 0) is 6.54 Å². The molecule has 2 N–H and O–H groups in total. The number of aromatic nitrogens is 3. The summed E-state index contributed by atoms with van der Waals surface area (Å²) in [6.07, 6.45) is 3.43. The smallest absolute Gasteiger partial charge is 0.211 e. The summed E-state index contributed by atoms with van der Waals surface area (Å²) in [4.78, 5) is 11.4. The van der Waals surface area contributed by atoms with Crippen molar-refractivity contribution in [1.82, 2.24) is 20.3 Å². The second-order valence-corrected chi connectivity index (χ2v) is 3.89. The first kappa shape index (κ1) is 10.9. The molecule has 86 valence electrons. The molecular weight excluding hydrogens is 204 g/mol. The molecule has 5 nitrogen and oxygen atoms in total. The van der Waals surface area contributed by atoms with Crippen LogP contribution in [0.1, 0.15) is 36.0 Å². The molecule has 0 saturated carbocycles. The molecule has 0 aromatic carbocycles. The van der Waals surface area contributed by atoms with Crippen molar-refractivity contribution in [2.75, 3.05) is 0 Å². The van der Waals surface area contributed by atoms with E-state index in [1.54, 1.807) is 12.5 Å². The predicted molar refractivity (Wildman–Crippen MR) is 59.8 cm³/mol. The standard InChI is InChI=1S/C11H16N4O/c1-7-4-13-11(16-7)9(3)12-5-10-8(2)14-6-15-10/h4,6,9,12H,5H2,1-3H3,(H,14,15). The summed E-state index contributed by atoms with van der Waals surface area (Å²) in [5, 5.41) is 3.32. The summed E-state index contributed by atoms with van der Waals surface area (Å²) < 4.78 is 5.44. The number of oxazole rings is 1. The SMILES string of the molecule is Cc1cnc(C(C)NCc2nc[nH]c2C)o1. The van der Waals surface area contributed by atoms with Gasteiger partial charge in [-0.3, -0.25) is 0 Å². The maximum atomic E-state index is 5.44. The normalized spacial score (nSPS) is 12.9. The Bertz CT molecular complexity index is 460. The summed E-state index contributed by atoms with van der Waals surface area (Å²) >= 11 is 0. The maximum Gasteiger partial charge on any atom is 0.211 e. The molecule has 0 amide bonds. The van der Waals surface area contributed by atoms with E-state index in [4.69, 9.17) is 4.42 Å². The minimum atomic E-state index is 0.0878. The van der Waals surface area contributed by atoms with Gasteiger partial charge in [-0.2, -0.15) is 0 Å². The van der Waals surface area contributed by atoms with Crippen molar-refractivity contribution in [3.05, 3.63) is 35.6 Å². The van der Waals surface area contributed by atoms with Crippen LogP contribution in [-0.4, -0.2) is 15.0 Å². The Kier molecular flexibility index (Phi) is 3.05. The van der Waals surface area contributed by atoms with E-state index in [0.717, 1.165) is 17.1 Å². The van der Waals surface area contributed by atoms with Gasteiger partial charge in [0.1, 0.15) is 5.76 Å². The van der Waals surface area contributed by atoms with Crippen LogP contribution in [0, 0.1) is 13.8 Å². The summed E-state index contributed by atoms with van der Waals surface area (Å²) in [5.41, 5.74) is 2.11. The minimum Gasteiger partial charge on any atom is -0.444 e. The molecule has 0 aliphatic rings. The number of nitrogens with one attached hydrogen (secondary N) is 2. The van der Waals surface area contributed by atoms with Gasteiger partial charge < -0.3 is 14.7 Å². The molecule has 16 heavy (non-hydrogen) atoms. The fourth-order valence-corrected chi connectivity index (χ4v) is 1.47. The molecule has 0 spiro atoms. The zero-order valence-corrected chi connectivity index (χ0v) is 9.74. The van der Waals surface area contributed by atoms with E-state index in [1.165, 1.54) is 0 Å². The van der Waals surface area contributed by atoms with Crippen molar-refractivity contribution in [2.45, 2.75) is 33.4 Å². The lowest BCUT2D eigenvalue weighted by molar-refractivity contribution is 0.401. The van der Waals surface area contributed by atoms with E-state index < -0.39 is 0 Å². The number of hydrogen-bond donors (Lipinski definition) is 2. The third kappa shape index (κ3) is 2.30. The first-order valence-corrected chi connectivity index (χ1v) is 5.31. The number of H-pyrrole nitrogens is 1. The molecule has 0 saturated heterocycles. The molecule has 1 atom stereocenters. The Hall–Kier alpha value is -1.62. The van der Waals surface area contributed by atoms with Crippen LogP contribution in [0.3, 0.4) is 0 Å². The van der Waals surface area contributed by atoms with Gasteiger partial charge in [0.05, 0.1) is 24.3 Å². The highest BCUT2D eigenvalue weighted by Gasteiger charge is 2.11. The van der Waals surface area contributed by atoms with Gasteiger partial charge in [-0.25, -0.2) is 9.97 Å². The number of nitrogens with zero attached hydrogens (tertiary/aromatic N) is 2. The number of imidazole rings is 1. The van der Waals surface area contributed by atoms with Crippen molar-refractivity contribution in [2.24, 2.45) is 0 Å². The van der Waals surface area contributed by atoms with Gasteiger partial charge in [0.15, 0.2) is 0 Å². The third-order valence-corrected chi connectivity index (χ3v) is 2.52. The van der Waals surface area contributed by atoms with Crippen molar-refractivity contribution in [3.8, 4) is 0 Å². The zero-order valence-electron chi connectivity index (χ0n) is 9.74. The molecule has 2 rings (SSSR count). The predicted octanol–water partition coefficient (Wildman–Crippen LogP) is 1.87. The highest BCUT2D eigenvalue weighted by Crippen LogP contribution is 2.12. The van der Waals surface area contributed by atoms with Crippen LogP contribution in [0.4, 0.5) is 0 Å². The average Bonchev–Trinajstić information content (AvgIpc) is 2.84. The maximum absolute atomic E-state index is 5.44. The lowest BCUT2D eigenvalue weighted by atomic mass is 10.3. The van der Waals surface area contributed by atoms with Gasteiger partial charge in [-0.1, -0.05) is 0 Å². The van der Waals surface area contributed by atoms with Crippen molar-refractivity contribution in [1.29, 1.82) is 0 Å². The lowest BCUT2D eigenvalue weighted by Gasteiger charge is -2.09. The molecule has 0 aliphatic carbocycles. The molecule has 2 aromatic heterocycles. The molecule has 0 aliphatic heterocycles. The molecular formula is C11H16N4O. The number of hydrogen-bond acceptors (Lipinski definition) is 4. The number of aryl methyl sites for hydroxylation is 2. The summed E-state index contributed by atoms with van der Waals surface area (Å²) in [6, 6.07) is 0.0878. The van der Waals surface area contributed by atoms with Gasteiger partial charge in [-0.05, 0) is 20.8 Å². The van der Waals surface area contributed by atoms with Crippen LogP contribution in [0.15, 0.2) is 16.9 Å². The van der Waals surface area contributed by atoms with Crippen LogP contribution in [0.25, 0.3) is 0 Å². The van der Waals surface area contributed by atoms with Gasteiger partial charge in [0.2, 0.25) is 5.89 Å². The van der Waals surface area contributed by atoms with E-state index >= 15 is 0 Å². The largest absolute Gasteiger partial charge is 0.444 e.